The molecule has 1 aliphatic carbocycles. The predicted octanol–water partition coefficient (Wildman–Crippen LogP) is 1.63. The molecular formula is C13H26N2O. The van der Waals surface area contributed by atoms with E-state index in [1.807, 2.05) is 0 Å². The number of morpholine rings is 1. The molecule has 2 rings (SSSR count). The molecule has 2 aliphatic rings. The number of ether oxygens (including phenoxy) is 1. The minimum Gasteiger partial charge on any atom is -0.376 e. The zero-order valence-corrected chi connectivity index (χ0v) is 10.7. The molecule has 3 heteroatoms. The predicted molar refractivity (Wildman–Crippen MR) is 66.7 cm³/mol. The van der Waals surface area contributed by atoms with Crippen LogP contribution in [0.25, 0.3) is 0 Å². The summed E-state index contributed by atoms with van der Waals surface area (Å²) < 4.78 is 5.64. The van der Waals surface area contributed by atoms with E-state index in [1.165, 1.54) is 32.2 Å². The number of nitrogens with one attached hydrogen (secondary N) is 1. The number of rotatable bonds is 4. The highest BCUT2D eigenvalue weighted by atomic mass is 16.5. The van der Waals surface area contributed by atoms with E-state index in [-0.39, 0.29) is 0 Å². The molecule has 0 aromatic heterocycles. The Hall–Kier alpha value is -0.120. The summed E-state index contributed by atoms with van der Waals surface area (Å²) in [5.41, 5.74) is 0. The molecule has 16 heavy (non-hydrogen) atoms. The number of nitrogens with zero attached hydrogens (tertiary/aromatic N) is 1. The third-order valence-electron chi connectivity index (χ3n) is 3.92. The molecule has 1 saturated carbocycles. The Morgan fingerprint density at radius 2 is 2.00 bits per heavy atom. The van der Waals surface area contributed by atoms with E-state index in [9.17, 15) is 0 Å². The minimum absolute atomic E-state index is 0.405. The van der Waals surface area contributed by atoms with Crippen LogP contribution in [0.2, 0.25) is 0 Å². The lowest BCUT2D eigenvalue weighted by Crippen LogP contribution is -2.49. The van der Waals surface area contributed by atoms with Crippen LogP contribution in [0.4, 0.5) is 0 Å². The van der Waals surface area contributed by atoms with Crippen molar-refractivity contribution in [2.45, 2.75) is 57.7 Å². The highest BCUT2D eigenvalue weighted by Gasteiger charge is 2.23. The van der Waals surface area contributed by atoms with E-state index >= 15 is 0 Å². The summed E-state index contributed by atoms with van der Waals surface area (Å²) >= 11 is 0. The summed E-state index contributed by atoms with van der Waals surface area (Å²) in [5, 5.41) is 3.68. The Morgan fingerprint density at radius 1 is 1.25 bits per heavy atom. The first-order chi connectivity index (χ1) is 7.75. The van der Waals surface area contributed by atoms with Crippen molar-refractivity contribution in [1.82, 2.24) is 10.2 Å². The van der Waals surface area contributed by atoms with Crippen molar-refractivity contribution in [2.75, 3.05) is 26.2 Å². The maximum atomic E-state index is 5.64. The second-order valence-electron chi connectivity index (χ2n) is 5.42. The third kappa shape index (κ3) is 3.44. The van der Waals surface area contributed by atoms with Crippen molar-refractivity contribution < 1.29 is 4.74 Å². The van der Waals surface area contributed by atoms with Gasteiger partial charge in [0.25, 0.3) is 0 Å². The average Bonchev–Trinajstić information content (AvgIpc) is 2.76. The van der Waals surface area contributed by atoms with Crippen LogP contribution < -0.4 is 5.32 Å². The fourth-order valence-corrected chi connectivity index (χ4v) is 2.83. The Labute approximate surface area is 99.5 Å². The summed E-state index contributed by atoms with van der Waals surface area (Å²) in [4.78, 5) is 2.55. The smallest absolute Gasteiger partial charge is 0.0674 e. The summed E-state index contributed by atoms with van der Waals surface area (Å²) in [6.07, 6.45) is 6.01. The number of hydrogen-bond acceptors (Lipinski definition) is 3. The Balaban J connectivity index is 1.63. The lowest BCUT2D eigenvalue weighted by Gasteiger charge is -2.37. The van der Waals surface area contributed by atoms with Gasteiger partial charge in [-0.05, 0) is 26.7 Å². The van der Waals surface area contributed by atoms with E-state index in [4.69, 9.17) is 4.74 Å². The van der Waals surface area contributed by atoms with E-state index in [2.05, 4.69) is 24.1 Å². The summed E-state index contributed by atoms with van der Waals surface area (Å²) in [5.74, 6) is 0. The standard InChI is InChI=1S/C13H26N2O/c1-11-10-16-12(2)9-15(11)8-7-14-13-5-3-4-6-13/h11-14H,3-10H2,1-2H3. The molecule has 0 bridgehead atoms. The van der Waals surface area contributed by atoms with Crippen LogP contribution in [-0.2, 0) is 4.74 Å². The molecule has 0 amide bonds. The largest absolute Gasteiger partial charge is 0.376 e. The molecule has 1 heterocycles. The maximum Gasteiger partial charge on any atom is 0.0674 e. The first-order valence-electron chi connectivity index (χ1n) is 6.84. The molecular weight excluding hydrogens is 200 g/mol. The van der Waals surface area contributed by atoms with Crippen LogP contribution in [0, 0.1) is 0 Å². The first-order valence-corrected chi connectivity index (χ1v) is 6.84. The molecule has 0 aromatic rings. The Kier molecular flexibility index (Phi) is 4.62. The third-order valence-corrected chi connectivity index (χ3v) is 3.92. The Morgan fingerprint density at radius 3 is 2.75 bits per heavy atom. The first kappa shape index (κ1) is 12.3. The summed E-state index contributed by atoms with van der Waals surface area (Å²) in [6.45, 7) is 8.73. The number of hydrogen-bond donors (Lipinski definition) is 1. The average molecular weight is 226 g/mol. The van der Waals surface area contributed by atoms with Gasteiger partial charge in [-0.1, -0.05) is 12.8 Å². The van der Waals surface area contributed by atoms with Gasteiger partial charge in [0.15, 0.2) is 0 Å². The van der Waals surface area contributed by atoms with Gasteiger partial charge in [0.1, 0.15) is 0 Å². The molecule has 3 nitrogen and oxygen atoms in total. The summed E-state index contributed by atoms with van der Waals surface area (Å²) in [6, 6.07) is 1.38. The molecule has 0 spiro atoms. The van der Waals surface area contributed by atoms with Gasteiger partial charge in [-0.15, -0.1) is 0 Å². The summed E-state index contributed by atoms with van der Waals surface area (Å²) in [7, 11) is 0. The Bertz CT molecular complexity index is 204. The van der Waals surface area contributed by atoms with Crippen molar-refractivity contribution >= 4 is 0 Å². The van der Waals surface area contributed by atoms with E-state index < -0.39 is 0 Å². The van der Waals surface area contributed by atoms with Gasteiger partial charge in [-0.2, -0.15) is 0 Å². The highest BCUT2D eigenvalue weighted by molar-refractivity contribution is 4.78. The van der Waals surface area contributed by atoms with E-state index in [1.54, 1.807) is 0 Å². The second kappa shape index (κ2) is 5.99. The fourth-order valence-electron chi connectivity index (χ4n) is 2.83. The zero-order valence-electron chi connectivity index (χ0n) is 10.7. The van der Waals surface area contributed by atoms with E-state index in [0.29, 0.717) is 12.1 Å². The van der Waals surface area contributed by atoms with Gasteiger partial charge >= 0.3 is 0 Å². The quantitative estimate of drug-likeness (QED) is 0.788. The van der Waals surface area contributed by atoms with Crippen LogP contribution in [0.15, 0.2) is 0 Å². The van der Waals surface area contributed by atoms with Crippen LogP contribution >= 0.6 is 0 Å². The van der Waals surface area contributed by atoms with E-state index in [0.717, 1.165) is 25.7 Å². The van der Waals surface area contributed by atoms with Gasteiger partial charge in [-0.25, -0.2) is 0 Å². The van der Waals surface area contributed by atoms with Crippen molar-refractivity contribution in [3.8, 4) is 0 Å². The second-order valence-corrected chi connectivity index (χ2v) is 5.42. The van der Waals surface area contributed by atoms with Crippen molar-refractivity contribution in [1.29, 1.82) is 0 Å². The fraction of sp³-hybridized carbons (Fsp3) is 1.00. The SMILES string of the molecule is CC1CN(CCNC2CCCC2)C(C)CO1. The van der Waals surface area contributed by atoms with Gasteiger partial charge in [0, 0.05) is 31.7 Å². The van der Waals surface area contributed by atoms with Crippen LogP contribution in [-0.4, -0.2) is 49.3 Å². The highest BCUT2D eigenvalue weighted by Crippen LogP contribution is 2.17. The topological polar surface area (TPSA) is 24.5 Å². The van der Waals surface area contributed by atoms with Crippen LogP contribution in [0.1, 0.15) is 39.5 Å². The normalized spacial score (nSPS) is 33.4. The molecule has 0 aromatic carbocycles. The minimum atomic E-state index is 0.405. The molecule has 1 aliphatic heterocycles. The molecule has 0 radical (unpaired) electrons. The lowest BCUT2D eigenvalue weighted by molar-refractivity contribution is -0.0487. The molecule has 94 valence electrons. The molecule has 1 N–H and O–H groups in total. The van der Waals surface area contributed by atoms with Crippen LogP contribution in [0.3, 0.4) is 0 Å². The van der Waals surface area contributed by atoms with Gasteiger partial charge in [0.05, 0.1) is 12.7 Å². The van der Waals surface area contributed by atoms with Crippen molar-refractivity contribution in [3.63, 3.8) is 0 Å². The van der Waals surface area contributed by atoms with Crippen LogP contribution in [0.5, 0.6) is 0 Å². The van der Waals surface area contributed by atoms with Gasteiger partial charge < -0.3 is 10.1 Å². The van der Waals surface area contributed by atoms with Crippen molar-refractivity contribution in [2.24, 2.45) is 0 Å². The zero-order chi connectivity index (χ0) is 11.4. The monoisotopic (exact) mass is 226 g/mol. The maximum absolute atomic E-state index is 5.64. The molecule has 1 saturated heterocycles. The molecule has 2 fully saturated rings. The van der Waals surface area contributed by atoms with Gasteiger partial charge in [0.2, 0.25) is 0 Å². The van der Waals surface area contributed by atoms with Gasteiger partial charge in [-0.3, -0.25) is 4.90 Å². The van der Waals surface area contributed by atoms with Crippen molar-refractivity contribution in [3.05, 3.63) is 0 Å². The molecule has 2 atom stereocenters. The lowest BCUT2D eigenvalue weighted by atomic mass is 10.2. The molecule has 2 unspecified atom stereocenters.